The third-order valence-electron chi connectivity index (χ3n) is 2.28. The van der Waals surface area contributed by atoms with Crippen LogP contribution in [0.4, 0.5) is 8.78 Å². The summed E-state index contributed by atoms with van der Waals surface area (Å²) in [7, 11) is 1.70. The summed E-state index contributed by atoms with van der Waals surface area (Å²) in [6, 6.07) is 1.41. The molecule has 0 aliphatic heterocycles. The number of aryl methyl sites for hydroxylation is 1. The highest BCUT2D eigenvalue weighted by molar-refractivity contribution is 6.35. The largest absolute Gasteiger partial charge is 0.384 e. The average Bonchev–Trinajstić information content (AvgIpc) is 2.30. The van der Waals surface area contributed by atoms with Crippen molar-refractivity contribution >= 4 is 17.4 Å². The number of rotatable bonds is 2. The molecule has 0 aliphatic rings. The van der Waals surface area contributed by atoms with Crippen LogP contribution in [0.25, 0.3) is 0 Å². The lowest BCUT2D eigenvalue weighted by Gasteiger charge is -2.06. The van der Waals surface area contributed by atoms with E-state index in [9.17, 15) is 13.6 Å². The second kappa shape index (κ2) is 3.35. The predicted molar refractivity (Wildman–Crippen MR) is 50.0 cm³/mol. The van der Waals surface area contributed by atoms with Crippen LogP contribution in [0, 0.1) is 13.8 Å². The molecule has 1 aromatic heterocycles. The van der Waals surface area contributed by atoms with E-state index >= 15 is 0 Å². The van der Waals surface area contributed by atoms with Crippen LogP contribution in [0.1, 0.15) is 21.7 Å². The van der Waals surface area contributed by atoms with Crippen LogP contribution in [-0.2, 0) is 7.05 Å². The van der Waals surface area contributed by atoms with Gasteiger partial charge in [0.15, 0.2) is 0 Å². The molecule has 0 unspecified atom stereocenters. The number of halogens is 3. The molecular weight excluding hydrogens is 212 g/mol. The summed E-state index contributed by atoms with van der Waals surface area (Å²) in [4.78, 5) is 11.2. The molecule has 0 spiro atoms. The van der Waals surface area contributed by atoms with E-state index < -0.39 is 11.2 Å². The Labute approximate surface area is 85.5 Å². The molecular formula is C9H10ClF2NO. The monoisotopic (exact) mass is 221 g/mol. The first-order valence-electron chi connectivity index (χ1n) is 3.99. The summed E-state index contributed by atoms with van der Waals surface area (Å²) in [5, 5.41) is -3.82. The Kier molecular flexibility index (Phi) is 2.67. The van der Waals surface area contributed by atoms with Crippen LogP contribution in [0.5, 0.6) is 0 Å². The lowest BCUT2D eigenvalue weighted by molar-refractivity contribution is 0.0535. The minimum Gasteiger partial charge on any atom is -0.351 e. The third kappa shape index (κ3) is 1.80. The average molecular weight is 222 g/mol. The van der Waals surface area contributed by atoms with Gasteiger partial charge >= 0.3 is 5.38 Å². The van der Waals surface area contributed by atoms with Crippen LogP contribution in [0.15, 0.2) is 6.07 Å². The highest BCUT2D eigenvalue weighted by atomic mass is 35.5. The molecule has 1 aromatic rings. The van der Waals surface area contributed by atoms with Crippen LogP contribution in [0.2, 0.25) is 0 Å². The Hall–Kier alpha value is -0.900. The Bertz CT molecular complexity index is 379. The fraction of sp³-hybridized carbons (Fsp3) is 0.444. The summed E-state index contributed by atoms with van der Waals surface area (Å²) in [5.41, 5.74) is 1.21. The Morgan fingerprint density at radius 3 is 2.29 bits per heavy atom. The van der Waals surface area contributed by atoms with Crippen molar-refractivity contribution in [2.24, 2.45) is 7.05 Å². The molecule has 0 bridgehead atoms. The van der Waals surface area contributed by atoms with Crippen molar-refractivity contribution in [3.8, 4) is 0 Å². The number of carbonyl (C=O) groups excluding carboxylic acids is 1. The summed E-state index contributed by atoms with van der Waals surface area (Å²) < 4.78 is 26.7. The van der Waals surface area contributed by atoms with Gasteiger partial charge in [-0.25, -0.2) is 0 Å². The molecule has 78 valence electrons. The van der Waals surface area contributed by atoms with Gasteiger partial charge in [-0.3, -0.25) is 4.79 Å². The van der Waals surface area contributed by atoms with Gasteiger partial charge in [0.2, 0.25) is 5.78 Å². The fourth-order valence-electron chi connectivity index (χ4n) is 1.24. The smallest absolute Gasteiger partial charge is 0.351 e. The van der Waals surface area contributed by atoms with Gasteiger partial charge in [-0.2, -0.15) is 8.78 Å². The first kappa shape index (κ1) is 11.2. The number of carbonyl (C=O) groups is 1. The zero-order chi connectivity index (χ0) is 11.1. The van der Waals surface area contributed by atoms with Crippen molar-refractivity contribution < 1.29 is 13.6 Å². The van der Waals surface area contributed by atoms with Gasteiger partial charge in [-0.1, -0.05) is 0 Å². The van der Waals surface area contributed by atoms with Crippen LogP contribution < -0.4 is 0 Å². The second-order valence-electron chi connectivity index (χ2n) is 3.17. The Balaban J connectivity index is 3.22. The summed E-state index contributed by atoms with van der Waals surface area (Å²) in [6.45, 7) is 3.33. The van der Waals surface area contributed by atoms with Gasteiger partial charge < -0.3 is 4.57 Å². The number of nitrogens with zero attached hydrogens (tertiary/aromatic N) is 1. The van der Waals surface area contributed by atoms with Crippen LogP contribution in [-0.4, -0.2) is 15.7 Å². The molecule has 0 aromatic carbocycles. The fourth-order valence-corrected chi connectivity index (χ4v) is 1.34. The summed E-state index contributed by atoms with van der Waals surface area (Å²) in [5.74, 6) is -1.35. The normalized spacial score (nSPS) is 11.9. The molecule has 14 heavy (non-hydrogen) atoms. The first-order chi connectivity index (χ1) is 6.25. The van der Waals surface area contributed by atoms with E-state index in [2.05, 4.69) is 11.6 Å². The first-order valence-corrected chi connectivity index (χ1v) is 4.37. The van der Waals surface area contributed by atoms with Gasteiger partial charge in [0.05, 0.1) is 0 Å². The highest BCUT2D eigenvalue weighted by Gasteiger charge is 2.38. The maximum Gasteiger partial charge on any atom is 0.384 e. The zero-order valence-electron chi connectivity index (χ0n) is 8.07. The van der Waals surface area contributed by atoms with Crippen LogP contribution in [0.3, 0.4) is 0 Å². The standard InChI is InChI=1S/C9H10ClF2NO/c1-5-4-7(6(2)13(5)3)8(14)9(10,11)12/h4H,1-3H3. The van der Waals surface area contributed by atoms with E-state index in [4.69, 9.17) is 0 Å². The minimum absolute atomic E-state index is 0.0231. The molecule has 0 atom stereocenters. The van der Waals surface area contributed by atoms with Crippen LogP contribution >= 0.6 is 11.6 Å². The van der Waals surface area contributed by atoms with E-state index in [0.717, 1.165) is 5.69 Å². The zero-order valence-corrected chi connectivity index (χ0v) is 8.82. The van der Waals surface area contributed by atoms with E-state index in [-0.39, 0.29) is 5.56 Å². The lowest BCUT2D eigenvalue weighted by Crippen LogP contribution is -2.21. The molecule has 2 nitrogen and oxygen atoms in total. The molecule has 0 radical (unpaired) electrons. The quantitative estimate of drug-likeness (QED) is 0.556. The van der Waals surface area contributed by atoms with Gasteiger partial charge in [0, 0.05) is 24.0 Å². The molecule has 1 rings (SSSR count). The SMILES string of the molecule is Cc1cc(C(=O)C(F)(F)Cl)c(C)n1C. The summed E-state index contributed by atoms with van der Waals surface area (Å²) >= 11 is 4.66. The van der Waals surface area contributed by atoms with E-state index in [1.807, 2.05) is 0 Å². The van der Waals surface area contributed by atoms with Gasteiger partial charge in [-0.15, -0.1) is 0 Å². The highest BCUT2D eigenvalue weighted by Crippen LogP contribution is 2.27. The number of alkyl halides is 3. The summed E-state index contributed by atoms with van der Waals surface area (Å²) in [6.07, 6.45) is 0. The number of aromatic nitrogens is 1. The number of hydrogen-bond donors (Lipinski definition) is 0. The minimum atomic E-state index is -3.82. The van der Waals surface area contributed by atoms with E-state index in [0.29, 0.717) is 5.69 Å². The molecule has 0 N–H and O–H groups in total. The Morgan fingerprint density at radius 2 is 2.00 bits per heavy atom. The van der Waals surface area contributed by atoms with Crippen molar-refractivity contribution in [3.63, 3.8) is 0 Å². The molecule has 0 saturated heterocycles. The Morgan fingerprint density at radius 1 is 1.50 bits per heavy atom. The molecule has 1 heterocycles. The number of ketones is 1. The molecule has 0 saturated carbocycles. The van der Waals surface area contributed by atoms with Gasteiger partial charge in [-0.05, 0) is 31.5 Å². The molecule has 0 fully saturated rings. The number of Topliss-reactive ketones (excluding diaryl/α,β-unsaturated/α-hetero) is 1. The molecule has 0 aliphatic carbocycles. The van der Waals surface area contributed by atoms with Crippen molar-refractivity contribution in [3.05, 3.63) is 23.0 Å². The van der Waals surface area contributed by atoms with Crippen molar-refractivity contribution in [2.75, 3.05) is 0 Å². The third-order valence-corrected chi connectivity index (χ3v) is 2.45. The maximum absolute atomic E-state index is 12.5. The molecule has 5 heteroatoms. The predicted octanol–water partition coefficient (Wildman–Crippen LogP) is 2.66. The topological polar surface area (TPSA) is 22.0 Å². The second-order valence-corrected chi connectivity index (χ2v) is 3.65. The number of hydrogen-bond acceptors (Lipinski definition) is 1. The van der Waals surface area contributed by atoms with Crippen molar-refractivity contribution in [1.82, 2.24) is 4.57 Å². The van der Waals surface area contributed by atoms with Crippen molar-refractivity contribution in [2.45, 2.75) is 19.2 Å². The van der Waals surface area contributed by atoms with E-state index in [1.165, 1.54) is 6.07 Å². The van der Waals surface area contributed by atoms with E-state index in [1.54, 1.807) is 25.5 Å². The molecule has 0 amide bonds. The lowest BCUT2D eigenvalue weighted by atomic mass is 10.1. The maximum atomic E-state index is 12.5. The van der Waals surface area contributed by atoms with Gasteiger partial charge in [0.25, 0.3) is 0 Å². The van der Waals surface area contributed by atoms with Crippen molar-refractivity contribution in [1.29, 1.82) is 0 Å². The van der Waals surface area contributed by atoms with Gasteiger partial charge in [0.1, 0.15) is 0 Å².